The van der Waals surface area contributed by atoms with Gasteiger partial charge in [0.1, 0.15) is 0 Å². The van der Waals surface area contributed by atoms with Gasteiger partial charge in [-0.25, -0.2) is 0 Å². The van der Waals surface area contributed by atoms with Crippen LogP contribution in [0.3, 0.4) is 0 Å². The van der Waals surface area contributed by atoms with E-state index in [0.717, 1.165) is 0 Å². The Morgan fingerprint density at radius 3 is 1.65 bits per heavy atom. The van der Waals surface area contributed by atoms with E-state index in [0.29, 0.717) is 0 Å². The third kappa shape index (κ3) is 2.06. The molecule has 2 fully saturated rings. The molecule has 8 nitrogen and oxygen atoms in total. The van der Waals surface area contributed by atoms with Crippen LogP contribution in [0.15, 0.2) is 23.1 Å². The van der Waals surface area contributed by atoms with Crippen molar-refractivity contribution in [1.29, 1.82) is 15.8 Å². The van der Waals surface area contributed by atoms with Gasteiger partial charge in [0, 0.05) is 0 Å². The van der Waals surface area contributed by atoms with E-state index < -0.39 is 36.3 Å². The summed E-state index contributed by atoms with van der Waals surface area (Å²) >= 11 is -5.64. The summed E-state index contributed by atoms with van der Waals surface area (Å²) in [6.07, 6.45) is 2.94. The minimum absolute atomic E-state index is 0.248. The number of nitriles is 3. The van der Waals surface area contributed by atoms with Gasteiger partial charge >= 0.3 is 154 Å². The first kappa shape index (κ1) is 20.2. The van der Waals surface area contributed by atoms with Crippen LogP contribution in [0.1, 0.15) is 34.6 Å². The molecule has 0 bridgehead atoms. The quantitative estimate of drug-likeness (QED) is 0.385. The van der Waals surface area contributed by atoms with E-state index in [-0.39, 0.29) is 4.36 Å². The van der Waals surface area contributed by atoms with Crippen LogP contribution in [0.4, 0.5) is 0 Å². The van der Waals surface area contributed by atoms with E-state index in [1.54, 1.807) is 13.0 Å². The molecule has 2 aliphatic heterocycles. The summed E-state index contributed by atoms with van der Waals surface area (Å²) in [4.78, 5) is 3.44. The fourth-order valence-corrected chi connectivity index (χ4v) is 12.8. The molecule has 136 valence electrons. The first-order chi connectivity index (χ1) is 11.9. The van der Waals surface area contributed by atoms with Gasteiger partial charge < -0.3 is 0 Å². The monoisotopic (exact) mass is 418 g/mol. The van der Waals surface area contributed by atoms with E-state index in [1.807, 2.05) is 18.2 Å². The van der Waals surface area contributed by atoms with E-state index in [2.05, 4.69) is 11.4 Å². The van der Waals surface area contributed by atoms with Crippen molar-refractivity contribution in [2.45, 2.75) is 57.1 Å². The zero-order valence-electron chi connectivity index (χ0n) is 15.2. The summed E-state index contributed by atoms with van der Waals surface area (Å²) in [6.45, 7) is 18.5. The van der Waals surface area contributed by atoms with Crippen molar-refractivity contribution in [3.8, 4) is 18.2 Å². The van der Waals surface area contributed by atoms with Gasteiger partial charge in [0.2, 0.25) is 0 Å². The van der Waals surface area contributed by atoms with Crippen LogP contribution in [0.5, 0.6) is 0 Å². The first-order valence-corrected chi connectivity index (χ1v) is 11.7. The first-order valence-electron chi connectivity index (χ1n) is 7.70. The van der Waals surface area contributed by atoms with Crippen LogP contribution in [-0.2, 0) is 14.9 Å². The standard InChI is InChI=1S/C17H19AsN4O4/c1-8-13(9-2)18(23-14(3,10-19)15(4,11-20)24-18)25-16(5,12-21)17(6,22-7)26-18/h8-9H,1H2,2-6H3/b13-9+. The third-order valence-electron chi connectivity index (χ3n) is 4.93. The molecule has 0 aromatic rings. The summed E-state index contributed by atoms with van der Waals surface area (Å²) in [5.41, 5.74) is -7.04. The van der Waals surface area contributed by atoms with Crippen molar-refractivity contribution in [3.05, 3.63) is 34.5 Å². The van der Waals surface area contributed by atoms with E-state index >= 15 is 0 Å². The molecule has 2 heterocycles. The second-order valence-electron chi connectivity index (χ2n) is 6.63. The second-order valence-corrected chi connectivity index (χ2v) is 12.6. The van der Waals surface area contributed by atoms with Gasteiger partial charge in [0.25, 0.3) is 0 Å². The molecule has 4 unspecified atom stereocenters. The molecule has 0 aliphatic carbocycles. The molecule has 0 aromatic carbocycles. The summed E-state index contributed by atoms with van der Waals surface area (Å²) < 4.78 is 24.5. The molecule has 2 aliphatic rings. The average Bonchev–Trinajstić information content (AvgIpc) is 2.93. The summed E-state index contributed by atoms with van der Waals surface area (Å²) in [5, 5.41) is 29.1. The predicted molar refractivity (Wildman–Crippen MR) is 91.1 cm³/mol. The molecular weight excluding hydrogens is 399 g/mol. The molecule has 2 rings (SSSR count). The van der Waals surface area contributed by atoms with Crippen LogP contribution >= 0.6 is 0 Å². The van der Waals surface area contributed by atoms with Crippen LogP contribution in [-0.4, -0.2) is 36.3 Å². The molecule has 0 aromatic heterocycles. The van der Waals surface area contributed by atoms with Crippen molar-refractivity contribution in [1.82, 2.24) is 0 Å². The van der Waals surface area contributed by atoms with Gasteiger partial charge in [-0.3, -0.25) is 0 Å². The molecular formula is C17H19AsN4O4. The van der Waals surface area contributed by atoms with Gasteiger partial charge in [-0.05, 0) is 0 Å². The zero-order chi connectivity index (χ0) is 20.1. The number of nitrogens with zero attached hydrogens (tertiary/aromatic N) is 4. The van der Waals surface area contributed by atoms with Crippen LogP contribution in [0.2, 0.25) is 0 Å². The van der Waals surface area contributed by atoms with Crippen molar-refractivity contribution >= 4 is 13.8 Å². The van der Waals surface area contributed by atoms with Crippen LogP contribution in [0.25, 0.3) is 4.85 Å². The van der Waals surface area contributed by atoms with Gasteiger partial charge in [-0.1, -0.05) is 0 Å². The van der Waals surface area contributed by atoms with Gasteiger partial charge in [-0.15, -0.1) is 0 Å². The Hall–Kier alpha value is -2.16. The third-order valence-corrected chi connectivity index (χ3v) is 13.3. The van der Waals surface area contributed by atoms with E-state index in [9.17, 15) is 15.8 Å². The number of hydrogen-bond acceptors (Lipinski definition) is 7. The Balaban J connectivity index is 2.93. The van der Waals surface area contributed by atoms with Crippen molar-refractivity contribution in [2.75, 3.05) is 0 Å². The van der Waals surface area contributed by atoms with Crippen molar-refractivity contribution in [2.24, 2.45) is 0 Å². The fraction of sp³-hybridized carbons (Fsp3) is 0.529. The summed E-state index contributed by atoms with van der Waals surface area (Å²) in [7, 11) is 0. The fourth-order valence-electron chi connectivity index (χ4n) is 2.90. The Kier molecular flexibility index (Phi) is 4.20. The van der Waals surface area contributed by atoms with E-state index in [1.165, 1.54) is 33.8 Å². The van der Waals surface area contributed by atoms with Gasteiger partial charge in [-0.2, -0.15) is 0 Å². The average molecular weight is 418 g/mol. The number of allylic oxidation sites excluding steroid dienone is 3. The summed E-state index contributed by atoms with van der Waals surface area (Å²) in [6, 6.07) is 5.84. The van der Waals surface area contributed by atoms with Crippen molar-refractivity contribution in [3.63, 3.8) is 0 Å². The Morgan fingerprint density at radius 2 is 1.38 bits per heavy atom. The van der Waals surface area contributed by atoms with Gasteiger partial charge in [0.15, 0.2) is 0 Å². The Morgan fingerprint density at radius 1 is 0.962 bits per heavy atom. The zero-order valence-corrected chi connectivity index (χ0v) is 17.1. The maximum absolute atomic E-state index is 9.70. The summed E-state index contributed by atoms with van der Waals surface area (Å²) in [5.74, 6) is 0. The SMILES string of the molecule is [C-]#[N+]C1(C)O[As]2(/C(C=C)=C/C)(OC(C)(C#N)C(C)(C#N)O2)OC1(C)C#N. The molecule has 0 amide bonds. The van der Waals surface area contributed by atoms with Crippen molar-refractivity contribution < 1.29 is 14.9 Å². The normalized spacial score (nSPS) is 44.7. The molecule has 9 heteroatoms. The molecule has 0 N–H and O–H groups in total. The van der Waals surface area contributed by atoms with Crippen LogP contribution < -0.4 is 0 Å². The van der Waals surface area contributed by atoms with E-state index in [4.69, 9.17) is 21.5 Å². The molecule has 0 saturated carbocycles. The van der Waals surface area contributed by atoms with Crippen LogP contribution in [0, 0.1) is 40.6 Å². The number of rotatable bonds is 2. The molecule has 2 saturated heterocycles. The molecule has 4 atom stereocenters. The minimum atomic E-state index is -5.64. The maximum atomic E-state index is 9.70. The van der Waals surface area contributed by atoms with Gasteiger partial charge in [0.05, 0.1) is 0 Å². The Bertz CT molecular complexity index is 767. The predicted octanol–water partition coefficient (Wildman–Crippen LogP) is 2.62. The molecule has 0 radical (unpaired) electrons. The second kappa shape index (κ2) is 5.42. The molecule has 26 heavy (non-hydrogen) atoms. The Labute approximate surface area is 154 Å². The molecule has 1 spiro atoms. The number of hydrogen-bond donors (Lipinski definition) is 0. The topological polar surface area (TPSA) is 113 Å².